The molecule has 64 valence electrons. The molecule has 1 N–H and O–H groups in total. The molecular formula is C7H7N2O3-. The molecule has 1 rings (SSSR count). The fourth-order valence-electron chi connectivity index (χ4n) is 0.858. The van der Waals surface area contributed by atoms with Crippen LogP contribution in [0.3, 0.4) is 0 Å². The van der Waals surface area contributed by atoms with Gasteiger partial charge in [0.15, 0.2) is 12.4 Å². The molecule has 0 atom stereocenters. The molecule has 0 fully saturated rings. The summed E-state index contributed by atoms with van der Waals surface area (Å²) in [4.78, 5) is 10.4. The summed E-state index contributed by atoms with van der Waals surface area (Å²) in [5, 5.41) is 23.7. The minimum absolute atomic E-state index is 0.144. The van der Waals surface area contributed by atoms with Crippen molar-refractivity contribution in [2.24, 2.45) is 0 Å². The smallest absolute Gasteiger partial charge is 0.191 e. The van der Waals surface area contributed by atoms with E-state index in [9.17, 15) is 15.1 Å². The number of carbonyl (C=O) groups excluding carboxylic acids is 1. The highest BCUT2D eigenvalue weighted by Crippen LogP contribution is 2.09. The van der Waals surface area contributed by atoms with Crippen molar-refractivity contribution in [1.82, 2.24) is 0 Å². The van der Waals surface area contributed by atoms with Crippen molar-refractivity contribution in [3.05, 3.63) is 29.2 Å². The van der Waals surface area contributed by atoms with E-state index >= 15 is 0 Å². The van der Waals surface area contributed by atoms with Gasteiger partial charge >= 0.3 is 0 Å². The third-order valence-electron chi connectivity index (χ3n) is 1.42. The van der Waals surface area contributed by atoms with Gasteiger partial charge in [-0.2, -0.15) is 4.73 Å². The van der Waals surface area contributed by atoms with Gasteiger partial charge in [-0.1, -0.05) is 0 Å². The monoisotopic (exact) mass is 167 g/mol. The second-order valence-corrected chi connectivity index (χ2v) is 2.17. The van der Waals surface area contributed by atoms with Gasteiger partial charge in [-0.15, -0.1) is 0 Å². The third-order valence-corrected chi connectivity index (χ3v) is 1.42. The molecular weight excluding hydrogens is 160 g/mol. The van der Waals surface area contributed by atoms with Crippen molar-refractivity contribution in [1.29, 1.82) is 0 Å². The zero-order valence-electron chi connectivity index (χ0n) is 6.40. The molecule has 0 amide bonds. The van der Waals surface area contributed by atoms with E-state index in [0.717, 1.165) is 6.20 Å². The molecule has 0 aliphatic rings. The molecule has 0 radical (unpaired) electrons. The first-order valence-corrected chi connectivity index (χ1v) is 3.27. The molecule has 1 aromatic rings. The highest BCUT2D eigenvalue weighted by atomic mass is 16.5. The summed E-state index contributed by atoms with van der Waals surface area (Å²) in [6, 6.07) is 1.37. The number of hydrogen-bond acceptors (Lipinski definition) is 4. The lowest BCUT2D eigenvalue weighted by atomic mass is 10.2. The normalized spacial score (nSPS) is 9.42. The van der Waals surface area contributed by atoms with Crippen LogP contribution >= 0.6 is 0 Å². The summed E-state index contributed by atoms with van der Waals surface area (Å²) >= 11 is 0. The first-order chi connectivity index (χ1) is 5.65. The number of aromatic carboxylic acids is 1. The molecule has 0 aliphatic carbocycles. The molecule has 1 heterocycles. The van der Waals surface area contributed by atoms with Crippen molar-refractivity contribution in [2.45, 2.75) is 0 Å². The van der Waals surface area contributed by atoms with Gasteiger partial charge in [0, 0.05) is 13.1 Å². The molecule has 0 saturated heterocycles. The lowest BCUT2D eigenvalue weighted by Gasteiger charge is -2.07. The van der Waals surface area contributed by atoms with Crippen molar-refractivity contribution in [3.8, 4) is 0 Å². The van der Waals surface area contributed by atoms with Crippen LogP contribution in [0.25, 0.3) is 0 Å². The maximum atomic E-state index is 10.7. The summed E-state index contributed by atoms with van der Waals surface area (Å²) < 4.78 is 0.409. The Balaban J connectivity index is 3.21. The summed E-state index contributed by atoms with van der Waals surface area (Å²) in [5.41, 5.74) is 0.220. The van der Waals surface area contributed by atoms with E-state index in [1.807, 2.05) is 0 Å². The number of nitrogens with one attached hydrogen (secondary N) is 1. The van der Waals surface area contributed by atoms with Gasteiger partial charge in [-0.3, -0.25) is 0 Å². The Kier molecular flexibility index (Phi) is 2.14. The summed E-state index contributed by atoms with van der Waals surface area (Å²) in [6.45, 7) is 0. The molecule has 0 spiro atoms. The van der Waals surface area contributed by atoms with Crippen LogP contribution in [0, 0.1) is 5.21 Å². The van der Waals surface area contributed by atoms with Gasteiger partial charge in [0.05, 0.1) is 17.2 Å². The standard InChI is InChI=1S/C7H8N2O3/c1-8-6-2-3-9(12)4-5(6)7(10)11/h2-4,8H,1H3,(H,10,11)/p-1. The minimum atomic E-state index is -1.37. The van der Waals surface area contributed by atoms with E-state index in [0.29, 0.717) is 10.4 Å². The minimum Gasteiger partial charge on any atom is -0.619 e. The second-order valence-electron chi connectivity index (χ2n) is 2.17. The lowest BCUT2D eigenvalue weighted by molar-refractivity contribution is -0.605. The average Bonchev–Trinajstić information content (AvgIpc) is 2.04. The van der Waals surface area contributed by atoms with Crippen molar-refractivity contribution >= 4 is 11.7 Å². The quantitative estimate of drug-likeness (QED) is 0.439. The number of carbonyl (C=O) groups is 1. The number of rotatable bonds is 2. The number of hydrogen-bond donors (Lipinski definition) is 1. The van der Waals surface area contributed by atoms with E-state index in [-0.39, 0.29) is 5.56 Å². The Hall–Kier alpha value is -1.78. The summed E-state index contributed by atoms with van der Waals surface area (Å²) in [5.74, 6) is -1.37. The van der Waals surface area contributed by atoms with Gasteiger partial charge in [0.25, 0.3) is 0 Å². The largest absolute Gasteiger partial charge is 0.619 e. The molecule has 0 aromatic carbocycles. The maximum Gasteiger partial charge on any atom is 0.191 e. The Morgan fingerprint density at radius 2 is 2.33 bits per heavy atom. The number of pyridine rings is 1. The predicted octanol–water partition coefficient (Wildman–Crippen LogP) is -1.27. The number of carboxylic acid groups (broad SMARTS) is 1. The number of nitrogens with zero attached hydrogens (tertiary/aromatic N) is 1. The molecule has 5 heteroatoms. The number of carboxylic acids is 1. The van der Waals surface area contributed by atoms with Crippen LogP contribution in [-0.4, -0.2) is 13.0 Å². The van der Waals surface area contributed by atoms with Crippen LogP contribution in [0.1, 0.15) is 10.4 Å². The van der Waals surface area contributed by atoms with Crippen LogP contribution in [0.5, 0.6) is 0 Å². The molecule has 0 unspecified atom stereocenters. The average molecular weight is 167 g/mol. The summed E-state index contributed by atoms with van der Waals surface area (Å²) in [7, 11) is 1.57. The van der Waals surface area contributed by atoms with Crippen LogP contribution in [0.2, 0.25) is 0 Å². The van der Waals surface area contributed by atoms with Crippen LogP contribution < -0.4 is 15.2 Å². The highest BCUT2D eigenvalue weighted by Gasteiger charge is 2.05. The molecule has 5 nitrogen and oxygen atoms in total. The molecule has 0 bridgehead atoms. The molecule has 1 aromatic heterocycles. The predicted molar refractivity (Wildman–Crippen MR) is 39.3 cm³/mol. The van der Waals surface area contributed by atoms with Crippen molar-refractivity contribution in [3.63, 3.8) is 0 Å². The maximum absolute atomic E-state index is 10.7. The zero-order chi connectivity index (χ0) is 9.14. The zero-order valence-corrected chi connectivity index (χ0v) is 6.40. The van der Waals surface area contributed by atoms with Gasteiger partial charge in [-0.05, 0) is 0 Å². The second kappa shape index (κ2) is 3.08. The highest BCUT2D eigenvalue weighted by molar-refractivity contribution is 5.91. The van der Waals surface area contributed by atoms with Crippen LogP contribution in [-0.2, 0) is 0 Å². The van der Waals surface area contributed by atoms with Gasteiger partial charge in [0.1, 0.15) is 0 Å². The molecule has 0 aliphatic heterocycles. The van der Waals surface area contributed by atoms with Crippen LogP contribution in [0.15, 0.2) is 18.5 Å². The third kappa shape index (κ3) is 1.45. The Morgan fingerprint density at radius 1 is 1.67 bits per heavy atom. The van der Waals surface area contributed by atoms with E-state index in [4.69, 9.17) is 0 Å². The van der Waals surface area contributed by atoms with E-state index in [2.05, 4.69) is 5.32 Å². The number of anilines is 1. The van der Waals surface area contributed by atoms with E-state index in [1.54, 1.807) is 7.05 Å². The molecule has 12 heavy (non-hydrogen) atoms. The van der Waals surface area contributed by atoms with Crippen molar-refractivity contribution < 1.29 is 14.6 Å². The van der Waals surface area contributed by atoms with E-state index < -0.39 is 5.97 Å². The van der Waals surface area contributed by atoms with Crippen LogP contribution in [0.4, 0.5) is 5.69 Å². The van der Waals surface area contributed by atoms with Crippen molar-refractivity contribution in [2.75, 3.05) is 12.4 Å². The Morgan fingerprint density at radius 3 is 2.83 bits per heavy atom. The number of aromatic nitrogens is 1. The lowest BCUT2D eigenvalue weighted by Crippen LogP contribution is -2.31. The van der Waals surface area contributed by atoms with Gasteiger partial charge in [0.2, 0.25) is 0 Å². The summed E-state index contributed by atoms with van der Waals surface area (Å²) in [6.07, 6.45) is 2.15. The Labute approximate surface area is 68.8 Å². The van der Waals surface area contributed by atoms with Gasteiger partial charge in [-0.25, -0.2) is 0 Å². The van der Waals surface area contributed by atoms with Gasteiger partial charge < -0.3 is 20.4 Å². The fourth-order valence-corrected chi connectivity index (χ4v) is 0.858. The van der Waals surface area contributed by atoms with E-state index in [1.165, 1.54) is 12.3 Å². The fraction of sp³-hybridized carbons (Fsp3) is 0.143. The SMILES string of the molecule is CNc1cc[n+]([O-])cc1C(=O)[O-]. The first-order valence-electron chi connectivity index (χ1n) is 3.27. The molecule has 0 saturated carbocycles. The first kappa shape index (κ1) is 8.32. The topological polar surface area (TPSA) is 79.1 Å². The Bertz CT molecular complexity index is 312.